The third-order valence-electron chi connectivity index (χ3n) is 3.62. The van der Waals surface area contributed by atoms with E-state index in [0.717, 1.165) is 25.9 Å². The predicted octanol–water partition coefficient (Wildman–Crippen LogP) is 2.14. The average Bonchev–Trinajstić information content (AvgIpc) is 2.51. The van der Waals surface area contributed by atoms with E-state index in [9.17, 15) is 9.59 Å². The smallest absolute Gasteiger partial charge is 0.303 e. The van der Waals surface area contributed by atoms with E-state index in [1.165, 1.54) is 6.42 Å². The first-order chi connectivity index (χ1) is 8.00. The van der Waals surface area contributed by atoms with Gasteiger partial charge in [-0.15, -0.1) is 0 Å². The molecule has 4 nitrogen and oxygen atoms in total. The van der Waals surface area contributed by atoms with Gasteiger partial charge in [-0.2, -0.15) is 0 Å². The number of amides is 1. The van der Waals surface area contributed by atoms with Crippen molar-refractivity contribution in [3.05, 3.63) is 0 Å². The van der Waals surface area contributed by atoms with Crippen LogP contribution in [0.3, 0.4) is 0 Å². The molecule has 1 N–H and O–H groups in total. The number of carboxylic acid groups (broad SMARTS) is 1. The maximum absolute atomic E-state index is 11.8. The van der Waals surface area contributed by atoms with E-state index in [-0.39, 0.29) is 18.7 Å². The third-order valence-corrected chi connectivity index (χ3v) is 3.62. The SMILES string of the molecule is CC(C)C1CCCN(C(=O)CCC(=O)O)CC1. The van der Waals surface area contributed by atoms with Crippen molar-refractivity contribution in [3.8, 4) is 0 Å². The van der Waals surface area contributed by atoms with Crippen molar-refractivity contribution < 1.29 is 14.7 Å². The summed E-state index contributed by atoms with van der Waals surface area (Å²) < 4.78 is 0. The topological polar surface area (TPSA) is 57.6 Å². The monoisotopic (exact) mass is 241 g/mol. The van der Waals surface area contributed by atoms with Crippen LogP contribution in [0.15, 0.2) is 0 Å². The lowest BCUT2D eigenvalue weighted by molar-refractivity contribution is -0.140. The minimum atomic E-state index is -0.895. The molecule has 1 atom stereocenters. The molecule has 98 valence electrons. The second-order valence-corrected chi connectivity index (χ2v) is 5.21. The normalized spacial score (nSPS) is 21.4. The van der Waals surface area contributed by atoms with Gasteiger partial charge >= 0.3 is 5.97 Å². The Morgan fingerprint density at radius 2 is 1.94 bits per heavy atom. The molecule has 1 aliphatic rings. The second kappa shape index (κ2) is 6.62. The zero-order chi connectivity index (χ0) is 12.8. The van der Waals surface area contributed by atoms with Crippen LogP contribution in [0.4, 0.5) is 0 Å². The van der Waals surface area contributed by atoms with E-state index in [1.807, 2.05) is 4.90 Å². The third kappa shape index (κ3) is 4.75. The number of carbonyl (C=O) groups is 2. The lowest BCUT2D eigenvalue weighted by Gasteiger charge is -2.21. The van der Waals surface area contributed by atoms with Gasteiger partial charge in [-0.3, -0.25) is 9.59 Å². The first-order valence-electron chi connectivity index (χ1n) is 6.50. The molecule has 17 heavy (non-hydrogen) atoms. The van der Waals surface area contributed by atoms with Gasteiger partial charge in [-0.05, 0) is 31.1 Å². The Labute approximate surface area is 103 Å². The van der Waals surface area contributed by atoms with Crippen molar-refractivity contribution in [3.63, 3.8) is 0 Å². The van der Waals surface area contributed by atoms with Crippen LogP contribution >= 0.6 is 0 Å². The zero-order valence-corrected chi connectivity index (χ0v) is 10.8. The number of aliphatic carboxylic acids is 1. The van der Waals surface area contributed by atoms with Crippen LogP contribution in [-0.2, 0) is 9.59 Å². The van der Waals surface area contributed by atoms with Gasteiger partial charge in [0.2, 0.25) is 5.91 Å². The molecule has 0 saturated carbocycles. The molecule has 0 aromatic rings. The highest BCUT2D eigenvalue weighted by Gasteiger charge is 2.22. The van der Waals surface area contributed by atoms with Crippen LogP contribution in [0.1, 0.15) is 46.0 Å². The van der Waals surface area contributed by atoms with Gasteiger partial charge in [0.25, 0.3) is 0 Å². The van der Waals surface area contributed by atoms with Crippen molar-refractivity contribution >= 4 is 11.9 Å². The Bertz CT molecular complexity index is 276. The summed E-state index contributed by atoms with van der Waals surface area (Å²) in [6.07, 6.45) is 3.36. The van der Waals surface area contributed by atoms with Crippen LogP contribution in [0.2, 0.25) is 0 Å². The van der Waals surface area contributed by atoms with E-state index in [1.54, 1.807) is 0 Å². The number of carboxylic acids is 1. The molecule has 0 radical (unpaired) electrons. The molecule has 1 rings (SSSR count). The summed E-state index contributed by atoms with van der Waals surface area (Å²) in [5.41, 5.74) is 0. The number of carbonyl (C=O) groups excluding carboxylic acids is 1. The minimum Gasteiger partial charge on any atom is -0.481 e. The fourth-order valence-corrected chi connectivity index (χ4v) is 2.41. The number of hydrogen-bond donors (Lipinski definition) is 1. The highest BCUT2D eigenvalue weighted by atomic mass is 16.4. The molecular formula is C13H23NO3. The molecule has 1 fully saturated rings. The summed E-state index contributed by atoms with van der Waals surface area (Å²) in [6, 6.07) is 0. The van der Waals surface area contributed by atoms with Gasteiger partial charge in [-0.1, -0.05) is 13.8 Å². The van der Waals surface area contributed by atoms with Gasteiger partial charge in [0.05, 0.1) is 6.42 Å². The van der Waals surface area contributed by atoms with Gasteiger partial charge in [0.1, 0.15) is 0 Å². The fourth-order valence-electron chi connectivity index (χ4n) is 2.41. The van der Waals surface area contributed by atoms with E-state index >= 15 is 0 Å². The molecule has 4 heteroatoms. The first kappa shape index (κ1) is 14.0. The van der Waals surface area contributed by atoms with E-state index in [0.29, 0.717) is 11.8 Å². The quantitative estimate of drug-likeness (QED) is 0.820. The van der Waals surface area contributed by atoms with Gasteiger partial charge in [0, 0.05) is 19.5 Å². The maximum atomic E-state index is 11.8. The Hall–Kier alpha value is -1.06. The summed E-state index contributed by atoms with van der Waals surface area (Å²) >= 11 is 0. The van der Waals surface area contributed by atoms with Crippen LogP contribution in [0.5, 0.6) is 0 Å². The van der Waals surface area contributed by atoms with Crippen LogP contribution in [0.25, 0.3) is 0 Å². The number of rotatable bonds is 4. The summed E-state index contributed by atoms with van der Waals surface area (Å²) in [5, 5.41) is 8.56. The number of nitrogens with zero attached hydrogens (tertiary/aromatic N) is 1. The first-order valence-corrected chi connectivity index (χ1v) is 6.50. The van der Waals surface area contributed by atoms with E-state index in [4.69, 9.17) is 5.11 Å². The standard InChI is InChI=1S/C13H23NO3/c1-10(2)11-4-3-8-14(9-7-11)12(15)5-6-13(16)17/h10-11H,3-9H2,1-2H3,(H,16,17). The highest BCUT2D eigenvalue weighted by Crippen LogP contribution is 2.24. The second-order valence-electron chi connectivity index (χ2n) is 5.21. The molecule has 0 aromatic carbocycles. The average molecular weight is 241 g/mol. The zero-order valence-electron chi connectivity index (χ0n) is 10.8. The van der Waals surface area contributed by atoms with Gasteiger partial charge in [-0.25, -0.2) is 0 Å². The minimum absolute atomic E-state index is 0.00296. The molecule has 1 aliphatic heterocycles. The Balaban J connectivity index is 2.40. The van der Waals surface area contributed by atoms with Crippen molar-refractivity contribution in [1.82, 2.24) is 4.90 Å². The van der Waals surface area contributed by atoms with Crippen molar-refractivity contribution in [2.75, 3.05) is 13.1 Å². The fraction of sp³-hybridized carbons (Fsp3) is 0.846. The molecule has 0 aromatic heterocycles. The molecule has 0 aliphatic carbocycles. The van der Waals surface area contributed by atoms with Gasteiger partial charge in [0.15, 0.2) is 0 Å². The Kier molecular flexibility index (Phi) is 5.45. The van der Waals surface area contributed by atoms with Crippen molar-refractivity contribution in [1.29, 1.82) is 0 Å². The van der Waals surface area contributed by atoms with Gasteiger partial charge < -0.3 is 10.0 Å². The lowest BCUT2D eigenvalue weighted by Crippen LogP contribution is -2.32. The molecule has 1 heterocycles. The number of likely N-dealkylation sites (tertiary alicyclic amines) is 1. The summed E-state index contributed by atoms with van der Waals surface area (Å²) in [5.74, 6) is 0.474. The molecular weight excluding hydrogens is 218 g/mol. The van der Waals surface area contributed by atoms with Crippen LogP contribution in [-0.4, -0.2) is 35.0 Å². The largest absolute Gasteiger partial charge is 0.481 e. The van der Waals surface area contributed by atoms with E-state index < -0.39 is 5.97 Å². The summed E-state index contributed by atoms with van der Waals surface area (Å²) in [7, 11) is 0. The lowest BCUT2D eigenvalue weighted by atomic mass is 9.89. The molecule has 0 bridgehead atoms. The molecule has 1 saturated heterocycles. The van der Waals surface area contributed by atoms with E-state index in [2.05, 4.69) is 13.8 Å². The predicted molar refractivity (Wildman–Crippen MR) is 65.6 cm³/mol. The number of hydrogen-bond acceptors (Lipinski definition) is 2. The maximum Gasteiger partial charge on any atom is 0.303 e. The Morgan fingerprint density at radius 1 is 1.24 bits per heavy atom. The molecule has 1 amide bonds. The molecule has 1 unspecified atom stereocenters. The summed E-state index contributed by atoms with van der Waals surface area (Å²) in [6.45, 7) is 6.04. The highest BCUT2D eigenvalue weighted by molar-refractivity contribution is 5.80. The van der Waals surface area contributed by atoms with Crippen molar-refractivity contribution in [2.45, 2.75) is 46.0 Å². The Morgan fingerprint density at radius 3 is 2.53 bits per heavy atom. The van der Waals surface area contributed by atoms with Crippen LogP contribution in [0, 0.1) is 11.8 Å². The molecule has 0 spiro atoms. The van der Waals surface area contributed by atoms with Crippen molar-refractivity contribution in [2.24, 2.45) is 11.8 Å². The van der Waals surface area contributed by atoms with Crippen LogP contribution < -0.4 is 0 Å². The summed E-state index contributed by atoms with van der Waals surface area (Å²) in [4.78, 5) is 24.1.